The van der Waals surface area contributed by atoms with Gasteiger partial charge in [-0.25, -0.2) is 4.98 Å². The molecule has 0 bridgehead atoms. The number of hydrogen-bond donors (Lipinski definition) is 1. The van der Waals surface area contributed by atoms with Gasteiger partial charge in [0.15, 0.2) is 5.69 Å². The molecular formula is C21H29F3N2O3. The second kappa shape index (κ2) is 8.50. The van der Waals surface area contributed by atoms with Crippen LogP contribution in [0.3, 0.4) is 0 Å². The summed E-state index contributed by atoms with van der Waals surface area (Å²) in [7, 11) is 0. The molecule has 0 unspecified atom stereocenters. The lowest BCUT2D eigenvalue weighted by Crippen LogP contribution is -2.61. The number of aryl methyl sites for hydroxylation is 1. The molecule has 1 aliphatic carbocycles. The molecule has 2 heterocycles. The molecule has 29 heavy (non-hydrogen) atoms. The largest absolute Gasteiger partial charge is 0.474 e. The first-order valence-electron chi connectivity index (χ1n) is 10.3. The number of carbonyl (C=O) groups is 1. The van der Waals surface area contributed by atoms with Crippen LogP contribution in [0.2, 0.25) is 0 Å². The van der Waals surface area contributed by atoms with E-state index in [0.29, 0.717) is 19.5 Å². The number of halogens is 3. The van der Waals surface area contributed by atoms with Crippen molar-refractivity contribution < 1.29 is 27.8 Å². The molecular weight excluding hydrogens is 385 g/mol. The summed E-state index contributed by atoms with van der Waals surface area (Å²) in [6.45, 7) is 4.65. The molecule has 1 aromatic heterocycles. The van der Waals surface area contributed by atoms with Gasteiger partial charge in [-0.15, -0.1) is 0 Å². The average Bonchev–Trinajstić information content (AvgIpc) is 2.65. The Kier molecular flexibility index (Phi) is 6.41. The Morgan fingerprint density at radius 3 is 2.55 bits per heavy atom. The minimum atomic E-state index is -4.49. The van der Waals surface area contributed by atoms with Gasteiger partial charge in [0.25, 0.3) is 0 Å². The molecule has 2 aliphatic rings. The second-order valence-corrected chi connectivity index (χ2v) is 8.49. The molecule has 1 atom stereocenters. The van der Waals surface area contributed by atoms with E-state index in [1.54, 1.807) is 0 Å². The fraction of sp³-hybridized carbons (Fsp3) is 0.714. The van der Waals surface area contributed by atoms with Crippen LogP contribution in [0.25, 0.3) is 0 Å². The maximum absolute atomic E-state index is 13.0. The van der Waals surface area contributed by atoms with Gasteiger partial charge in [0.2, 0.25) is 11.8 Å². The van der Waals surface area contributed by atoms with Gasteiger partial charge in [0.05, 0.1) is 12.5 Å². The Balaban J connectivity index is 1.52. The number of pyridine rings is 1. The summed E-state index contributed by atoms with van der Waals surface area (Å²) < 4.78 is 44.8. The van der Waals surface area contributed by atoms with E-state index in [-0.39, 0.29) is 41.4 Å². The van der Waals surface area contributed by atoms with Crippen molar-refractivity contribution in [3.8, 4) is 5.88 Å². The summed E-state index contributed by atoms with van der Waals surface area (Å²) in [5.74, 6) is -0.269. The lowest BCUT2D eigenvalue weighted by molar-refractivity contribution is -0.153. The molecule has 3 rings (SSSR count). The predicted octanol–water partition coefficient (Wildman–Crippen LogP) is 3.97. The molecule has 1 N–H and O–H groups in total. The van der Waals surface area contributed by atoms with Crippen molar-refractivity contribution in [1.82, 2.24) is 9.88 Å². The minimum Gasteiger partial charge on any atom is -0.474 e. The Hall–Kier alpha value is -1.83. The fourth-order valence-electron chi connectivity index (χ4n) is 4.49. The summed E-state index contributed by atoms with van der Waals surface area (Å²) >= 11 is 0. The number of alkyl halides is 3. The van der Waals surface area contributed by atoms with E-state index in [4.69, 9.17) is 4.74 Å². The van der Waals surface area contributed by atoms with Gasteiger partial charge < -0.3 is 14.7 Å². The van der Waals surface area contributed by atoms with E-state index >= 15 is 0 Å². The summed E-state index contributed by atoms with van der Waals surface area (Å²) in [6.07, 6.45) is 0.109. The summed E-state index contributed by atoms with van der Waals surface area (Å²) in [6, 6.07) is 2.88. The van der Waals surface area contributed by atoms with Crippen molar-refractivity contribution in [2.75, 3.05) is 19.7 Å². The number of rotatable bonds is 6. The number of carbonyl (C=O) groups excluding carboxylic acids is 1. The van der Waals surface area contributed by atoms with Gasteiger partial charge in [-0.2, -0.15) is 13.2 Å². The third-order valence-corrected chi connectivity index (χ3v) is 6.19. The Labute approximate surface area is 169 Å². The number of aliphatic hydroxyl groups excluding tert-OH is 1. The number of amides is 1. The van der Waals surface area contributed by atoms with Gasteiger partial charge in [0, 0.05) is 24.6 Å². The van der Waals surface area contributed by atoms with E-state index in [9.17, 15) is 23.1 Å². The van der Waals surface area contributed by atoms with Gasteiger partial charge in [-0.1, -0.05) is 19.4 Å². The summed E-state index contributed by atoms with van der Waals surface area (Å²) in [5.41, 5.74) is -0.739. The van der Waals surface area contributed by atoms with Crippen molar-refractivity contribution >= 4 is 5.91 Å². The molecule has 1 saturated heterocycles. The zero-order valence-corrected chi connectivity index (χ0v) is 17.0. The van der Waals surface area contributed by atoms with Gasteiger partial charge in [-0.3, -0.25) is 4.79 Å². The molecule has 1 aliphatic heterocycles. The first kappa shape index (κ1) is 21.9. The van der Waals surface area contributed by atoms with E-state index in [1.807, 2.05) is 11.8 Å². The van der Waals surface area contributed by atoms with Crippen molar-refractivity contribution in [3.05, 3.63) is 23.4 Å². The van der Waals surface area contributed by atoms with Crippen LogP contribution in [-0.2, 0) is 11.0 Å². The first-order valence-corrected chi connectivity index (χ1v) is 10.3. The van der Waals surface area contributed by atoms with Gasteiger partial charge in [-0.05, 0) is 44.6 Å². The van der Waals surface area contributed by atoms with Crippen molar-refractivity contribution in [3.63, 3.8) is 0 Å². The highest BCUT2D eigenvalue weighted by Crippen LogP contribution is 2.45. The van der Waals surface area contributed by atoms with E-state index in [2.05, 4.69) is 4.98 Å². The quantitative estimate of drug-likeness (QED) is 0.765. The van der Waals surface area contributed by atoms with Crippen molar-refractivity contribution in [2.24, 2.45) is 11.3 Å². The number of aromatic nitrogens is 1. The molecule has 0 aromatic carbocycles. The monoisotopic (exact) mass is 414 g/mol. The predicted molar refractivity (Wildman–Crippen MR) is 101 cm³/mol. The van der Waals surface area contributed by atoms with Crippen molar-refractivity contribution in [1.29, 1.82) is 0 Å². The Bertz CT molecular complexity index is 722. The topological polar surface area (TPSA) is 62.7 Å². The van der Waals surface area contributed by atoms with Crippen LogP contribution in [0.15, 0.2) is 12.1 Å². The molecule has 2 fully saturated rings. The highest BCUT2D eigenvalue weighted by Gasteiger charge is 2.48. The molecule has 1 spiro atoms. The standard InChI is InChI=1S/C21H29F3N2O3/c1-3-4-15(11-27)19(28)26-12-20(13-26)9-7-16(8-10-20)29-17-6-5-14(2)18(25-17)21(22,23)24/h5-6,15-16,27H,3-4,7-13H2,1-2H3/t15-/m1/s1. The van der Waals surface area contributed by atoms with Crippen LogP contribution in [0.5, 0.6) is 5.88 Å². The third kappa shape index (κ3) is 4.85. The molecule has 8 heteroatoms. The Morgan fingerprint density at radius 2 is 2.00 bits per heavy atom. The highest BCUT2D eigenvalue weighted by molar-refractivity contribution is 5.80. The third-order valence-electron chi connectivity index (χ3n) is 6.19. The zero-order chi connectivity index (χ0) is 21.2. The van der Waals surface area contributed by atoms with Crippen LogP contribution in [-0.4, -0.2) is 46.7 Å². The molecule has 1 aromatic rings. The lowest BCUT2D eigenvalue weighted by atomic mass is 9.67. The molecule has 1 amide bonds. The summed E-state index contributed by atoms with van der Waals surface area (Å²) in [5, 5.41) is 9.42. The lowest BCUT2D eigenvalue weighted by Gasteiger charge is -2.54. The molecule has 0 radical (unpaired) electrons. The Morgan fingerprint density at radius 1 is 1.34 bits per heavy atom. The van der Waals surface area contributed by atoms with E-state index < -0.39 is 11.9 Å². The highest BCUT2D eigenvalue weighted by atomic mass is 19.4. The maximum atomic E-state index is 13.0. The second-order valence-electron chi connectivity index (χ2n) is 8.49. The molecule has 162 valence electrons. The smallest absolute Gasteiger partial charge is 0.433 e. The van der Waals surface area contributed by atoms with Crippen molar-refractivity contribution in [2.45, 2.75) is 64.7 Å². The fourth-order valence-corrected chi connectivity index (χ4v) is 4.49. The number of hydrogen-bond acceptors (Lipinski definition) is 4. The average molecular weight is 414 g/mol. The SMILES string of the molecule is CCC[C@H](CO)C(=O)N1CC2(CCC(Oc3ccc(C)c(C(F)(F)F)n3)CC2)C1. The normalized spacial score (nSPS) is 20.4. The molecule has 1 saturated carbocycles. The number of likely N-dealkylation sites (tertiary alicyclic amines) is 1. The summed E-state index contributed by atoms with van der Waals surface area (Å²) in [4.78, 5) is 18.0. The molecule has 5 nitrogen and oxygen atoms in total. The first-order chi connectivity index (χ1) is 13.7. The van der Waals surface area contributed by atoms with Gasteiger partial charge >= 0.3 is 6.18 Å². The van der Waals surface area contributed by atoms with Gasteiger partial charge in [0.1, 0.15) is 6.10 Å². The van der Waals surface area contributed by atoms with Crippen LogP contribution in [0.4, 0.5) is 13.2 Å². The van der Waals surface area contributed by atoms with E-state index in [1.165, 1.54) is 19.1 Å². The van der Waals surface area contributed by atoms with E-state index in [0.717, 1.165) is 32.1 Å². The number of aliphatic hydroxyl groups is 1. The van der Waals surface area contributed by atoms with Crippen LogP contribution in [0.1, 0.15) is 56.7 Å². The minimum absolute atomic E-state index is 0.0136. The number of ether oxygens (including phenoxy) is 1. The van der Waals surface area contributed by atoms with Crippen LogP contribution >= 0.6 is 0 Å². The zero-order valence-electron chi connectivity index (χ0n) is 17.0. The maximum Gasteiger partial charge on any atom is 0.433 e. The number of nitrogens with zero attached hydrogens (tertiary/aromatic N) is 2. The van der Waals surface area contributed by atoms with Crippen LogP contribution in [0, 0.1) is 18.3 Å². The van der Waals surface area contributed by atoms with Crippen LogP contribution < -0.4 is 4.74 Å².